The summed E-state index contributed by atoms with van der Waals surface area (Å²) in [7, 11) is 4.90. The van der Waals surface area contributed by atoms with Crippen LogP contribution in [0.4, 0.5) is 4.79 Å². The molecule has 3 aromatic rings. The van der Waals surface area contributed by atoms with Crippen molar-refractivity contribution in [1.82, 2.24) is 14.7 Å². The number of carbonyl (C=O) groups is 2. The maximum Gasteiger partial charge on any atom is 0.328 e. The van der Waals surface area contributed by atoms with Crippen molar-refractivity contribution in [1.29, 1.82) is 0 Å². The SMILES string of the molecule is COCCN1C(=O)N(Cc2cccc(OC)c2)C(=O)C12CCN(Cc1ccc3cc(OC)ccc3c1)CC2. The van der Waals surface area contributed by atoms with Gasteiger partial charge in [0.1, 0.15) is 17.0 Å². The van der Waals surface area contributed by atoms with Gasteiger partial charge in [-0.25, -0.2) is 4.79 Å². The van der Waals surface area contributed by atoms with Crippen LogP contribution in [0.1, 0.15) is 24.0 Å². The number of methoxy groups -OCH3 is 3. The molecule has 0 unspecified atom stereocenters. The number of fused-ring (bicyclic) bond motifs is 1. The molecule has 3 aromatic carbocycles. The zero-order chi connectivity index (χ0) is 26.7. The van der Waals surface area contributed by atoms with E-state index in [1.807, 2.05) is 36.4 Å². The Labute approximate surface area is 223 Å². The second-order valence-corrected chi connectivity index (χ2v) is 10.0. The van der Waals surface area contributed by atoms with E-state index < -0.39 is 5.54 Å². The zero-order valence-electron chi connectivity index (χ0n) is 22.3. The van der Waals surface area contributed by atoms with Crippen molar-refractivity contribution in [2.45, 2.75) is 31.5 Å². The molecule has 1 spiro atoms. The summed E-state index contributed by atoms with van der Waals surface area (Å²) in [6, 6.07) is 19.9. The van der Waals surface area contributed by atoms with Crippen LogP contribution < -0.4 is 9.47 Å². The highest BCUT2D eigenvalue weighted by molar-refractivity contribution is 6.07. The second kappa shape index (κ2) is 11.0. The van der Waals surface area contributed by atoms with E-state index in [0.29, 0.717) is 31.7 Å². The molecule has 0 aromatic heterocycles. The Bertz CT molecular complexity index is 1320. The summed E-state index contributed by atoms with van der Waals surface area (Å²) in [6.45, 7) is 3.27. The van der Waals surface area contributed by atoms with Gasteiger partial charge in [0.25, 0.3) is 5.91 Å². The lowest BCUT2D eigenvalue weighted by molar-refractivity contribution is -0.136. The molecule has 0 saturated carbocycles. The van der Waals surface area contributed by atoms with E-state index in [-0.39, 0.29) is 18.5 Å². The van der Waals surface area contributed by atoms with E-state index >= 15 is 0 Å². The van der Waals surface area contributed by atoms with Crippen LogP contribution in [-0.2, 0) is 22.6 Å². The minimum Gasteiger partial charge on any atom is -0.497 e. The van der Waals surface area contributed by atoms with Crippen molar-refractivity contribution in [2.24, 2.45) is 0 Å². The highest BCUT2D eigenvalue weighted by atomic mass is 16.5. The first-order chi connectivity index (χ1) is 18.5. The summed E-state index contributed by atoms with van der Waals surface area (Å²) in [5.41, 5.74) is 1.26. The smallest absolute Gasteiger partial charge is 0.328 e. The number of imide groups is 1. The Kier molecular flexibility index (Phi) is 7.53. The monoisotopic (exact) mass is 517 g/mol. The summed E-state index contributed by atoms with van der Waals surface area (Å²) in [5.74, 6) is 1.44. The van der Waals surface area contributed by atoms with E-state index in [0.717, 1.165) is 36.3 Å². The Morgan fingerprint density at radius 3 is 2.21 bits per heavy atom. The summed E-state index contributed by atoms with van der Waals surface area (Å²) in [5, 5.41) is 2.32. The molecule has 200 valence electrons. The van der Waals surface area contributed by atoms with Crippen LogP contribution in [-0.4, -0.2) is 79.7 Å². The van der Waals surface area contributed by atoms with E-state index in [1.54, 1.807) is 26.2 Å². The molecular formula is C30H35N3O5. The number of rotatable bonds is 9. The van der Waals surface area contributed by atoms with Gasteiger partial charge < -0.3 is 19.1 Å². The largest absolute Gasteiger partial charge is 0.497 e. The van der Waals surface area contributed by atoms with Crippen LogP contribution in [0.25, 0.3) is 10.8 Å². The fourth-order valence-corrected chi connectivity index (χ4v) is 5.69. The molecule has 0 N–H and O–H groups in total. The maximum absolute atomic E-state index is 13.9. The molecule has 8 nitrogen and oxygen atoms in total. The Balaban J connectivity index is 1.31. The number of hydrogen-bond acceptors (Lipinski definition) is 6. The van der Waals surface area contributed by atoms with E-state index in [9.17, 15) is 9.59 Å². The number of nitrogens with zero attached hydrogens (tertiary/aromatic N) is 3. The first-order valence-electron chi connectivity index (χ1n) is 13.0. The fourth-order valence-electron chi connectivity index (χ4n) is 5.69. The number of amides is 3. The van der Waals surface area contributed by atoms with Gasteiger partial charge in [-0.1, -0.05) is 30.3 Å². The third-order valence-corrected chi connectivity index (χ3v) is 7.82. The van der Waals surface area contributed by atoms with Crippen LogP contribution in [0.5, 0.6) is 11.5 Å². The first-order valence-corrected chi connectivity index (χ1v) is 13.0. The quantitative estimate of drug-likeness (QED) is 0.394. The molecule has 2 fully saturated rings. The van der Waals surface area contributed by atoms with Gasteiger partial charge in [-0.2, -0.15) is 0 Å². The number of likely N-dealkylation sites (tertiary alicyclic amines) is 1. The van der Waals surface area contributed by atoms with Gasteiger partial charge in [-0.3, -0.25) is 14.6 Å². The molecule has 0 radical (unpaired) electrons. The van der Waals surface area contributed by atoms with Crippen molar-refractivity contribution in [3.63, 3.8) is 0 Å². The number of piperidine rings is 1. The molecule has 0 atom stereocenters. The number of hydrogen-bond donors (Lipinski definition) is 0. The molecule has 5 rings (SSSR count). The highest BCUT2D eigenvalue weighted by Gasteiger charge is 2.57. The summed E-state index contributed by atoms with van der Waals surface area (Å²) < 4.78 is 16.0. The Morgan fingerprint density at radius 2 is 1.47 bits per heavy atom. The molecule has 8 heteroatoms. The molecule has 2 heterocycles. The van der Waals surface area contributed by atoms with Crippen molar-refractivity contribution in [3.8, 4) is 11.5 Å². The molecule has 0 bridgehead atoms. The molecule has 2 saturated heterocycles. The third kappa shape index (κ3) is 4.93. The molecular weight excluding hydrogens is 482 g/mol. The highest BCUT2D eigenvalue weighted by Crippen LogP contribution is 2.38. The zero-order valence-corrected chi connectivity index (χ0v) is 22.3. The fraction of sp³-hybridized carbons (Fsp3) is 0.400. The third-order valence-electron chi connectivity index (χ3n) is 7.82. The number of urea groups is 1. The lowest BCUT2D eigenvalue weighted by Crippen LogP contribution is -2.57. The van der Waals surface area contributed by atoms with Gasteiger partial charge in [0, 0.05) is 33.3 Å². The normalized spacial score (nSPS) is 17.6. The lowest BCUT2D eigenvalue weighted by Gasteiger charge is -2.42. The lowest BCUT2D eigenvalue weighted by atomic mass is 9.85. The second-order valence-electron chi connectivity index (χ2n) is 10.0. The van der Waals surface area contributed by atoms with Gasteiger partial charge in [0.05, 0.1) is 27.4 Å². The summed E-state index contributed by atoms with van der Waals surface area (Å²) >= 11 is 0. The average molecular weight is 518 g/mol. The van der Waals surface area contributed by atoms with E-state index in [4.69, 9.17) is 14.2 Å². The van der Waals surface area contributed by atoms with Gasteiger partial charge in [0.15, 0.2) is 0 Å². The average Bonchev–Trinajstić information content (AvgIpc) is 3.13. The molecule has 38 heavy (non-hydrogen) atoms. The Hall–Kier alpha value is -3.62. The predicted octanol–water partition coefficient (Wildman–Crippen LogP) is 4.30. The van der Waals surface area contributed by atoms with Crippen LogP contribution >= 0.6 is 0 Å². The molecule has 0 aliphatic carbocycles. The Morgan fingerprint density at radius 1 is 0.789 bits per heavy atom. The number of ether oxygens (including phenoxy) is 3. The van der Waals surface area contributed by atoms with Crippen molar-refractivity contribution in [2.75, 3.05) is 47.6 Å². The first kappa shape index (κ1) is 26.0. The maximum atomic E-state index is 13.9. The number of benzene rings is 3. The molecule has 3 amide bonds. The molecule has 2 aliphatic heterocycles. The van der Waals surface area contributed by atoms with Crippen molar-refractivity contribution in [3.05, 3.63) is 71.8 Å². The standard InChI is InChI=1S/C30H35N3O5/c1-36-16-15-33-29(35)32(21-22-5-4-6-26(18-22)37-2)28(34)30(33)11-13-31(14-12-30)20-23-7-8-25-19-27(38-3)10-9-24(25)17-23/h4-10,17-19H,11-16,20-21H2,1-3H3. The van der Waals surface area contributed by atoms with Crippen LogP contribution in [0.2, 0.25) is 0 Å². The van der Waals surface area contributed by atoms with E-state index in [2.05, 4.69) is 29.2 Å². The predicted molar refractivity (Wildman–Crippen MR) is 145 cm³/mol. The van der Waals surface area contributed by atoms with Crippen LogP contribution in [0, 0.1) is 0 Å². The minimum atomic E-state index is -0.828. The summed E-state index contributed by atoms with van der Waals surface area (Å²) in [4.78, 5) is 32.9. The van der Waals surface area contributed by atoms with Crippen LogP contribution in [0.15, 0.2) is 60.7 Å². The van der Waals surface area contributed by atoms with Gasteiger partial charge >= 0.3 is 6.03 Å². The van der Waals surface area contributed by atoms with Crippen molar-refractivity contribution < 1.29 is 23.8 Å². The minimum absolute atomic E-state index is 0.110. The summed E-state index contributed by atoms with van der Waals surface area (Å²) in [6.07, 6.45) is 1.20. The van der Waals surface area contributed by atoms with Crippen LogP contribution in [0.3, 0.4) is 0 Å². The van der Waals surface area contributed by atoms with E-state index in [1.165, 1.54) is 15.8 Å². The molecule has 2 aliphatic rings. The van der Waals surface area contributed by atoms with Gasteiger partial charge in [-0.15, -0.1) is 0 Å². The van der Waals surface area contributed by atoms with Gasteiger partial charge in [0.2, 0.25) is 0 Å². The number of carbonyl (C=O) groups excluding carboxylic acids is 2. The van der Waals surface area contributed by atoms with Crippen molar-refractivity contribution >= 4 is 22.7 Å². The van der Waals surface area contributed by atoms with Gasteiger partial charge in [-0.05, 0) is 65.1 Å². The topological polar surface area (TPSA) is 71.6 Å².